The van der Waals surface area contributed by atoms with Crippen molar-refractivity contribution in [2.24, 2.45) is 0 Å². The molecule has 0 aliphatic carbocycles. The van der Waals surface area contributed by atoms with Crippen LogP contribution in [0.3, 0.4) is 0 Å². The first-order valence-electron chi connectivity index (χ1n) is 3.17. The third kappa shape index (κ3) is 4.51. The van der Waals surface area contributed by atoms with E-state index in [0.29, 0.717) is 0 Å². The average Bonchev–Trinajstić information content (AvgIpc) is 2.03. The van der Waals surface area contributed by atoms with Gasteiger partial charge < -0.3 is 17.2 Å². The van der Waals surface area contributed by atoms with E-state index in [1.54, 1.807) is 18.2 Å². The van der Waals surface area contributed by atoms with E-state index in [-0.39, 0.29) is 42.5 Å². The van der Waals surface area contributed by atoms with Crippen molar-refractivity contribution in [2.45, 2.75) is 0 Å². The van der Waals surface area contributed by atoms with Crippen molar-refractivity contribution in [3.63, 3.8) is 0 Å². The molecule has 0 radical (unpaired) electrons. The Kier molecular flexibility index (Phi) is 7.66. The Balaban J connectivity index is 0. The zero-order valence-electron chi connectivity index (χ0n) is 8.04. The van der Waals surface area contributed by atoms with Gasteiger partial charge in [0.05, 0.1) is 0 Å². The number of benzene rings is 1. The zero-order chi connectivity index (χ0) is 9.19. The smallest absolute Gasteiger partial charge is 0.358 e. The Labute approximate surface area is 105 Å². The maximum Gasteiger partial charge on any atom is 1.00 e. The number of carbonyl (C=O) groups excluding carboxylic acids is 1. The van der Waals surface area contributed by atoms with Crippen molar-refractivity contribution < 1.29 is 48.7 Å². The summed E-state index contributed by atoms with van der Waals surface area (Å²) >= 11 is 0. The molecule has 2 N–H and O–H groups in total. The number of carbonyl (C=O) groups is 1. The van der Waals surface area contributed by atoms with Gasteiger partial charge in [0.15, 0.2) is 0 Å². The Bertz CT molecular complexity index is 332. The van der Waals surface area contributed by atoms with E-state index in [1.165, 1.54) is 12.1 Å². The van der Waals surface area contributed by atoms with Crippen LogP contribution in [0.1, 0.15) is 10.4 Å². The molecule has 4 nitrogen and oxygen atoms in total. The van der Waals surface area contributed by atoms with Crippen LogP contribution in [0.15, 0.2) is 30.3 Å². The minimum absolute atomic E-state index is 0. The van der Waals surface area contributed by atoms with E-state index in [2.05, 4.69) is 0 Å². The molecule has 0 aliphatic rings. The summed E-state index contributed by atoms with van der Waals surface area (Å²) in [5.74, 6) is 0. The maximum atomic E-state index is 10.9. The van der Waals surface area contributed by atoms with Crippen molar-refractivity contribution >= 4 is 13.1 Å². The van der Waals surface area contributed by atoms with Gasteiger partial charge in [-0.3, -0.25) is 9.36 Å². The molecule has 0 heterocycles. The molecule has 0 saturated heterocycles. The summed E-state index contributed by atoms with van der Waals surface area (Å²) in [6.45, 7) is 0. The van der Waals surface area contributed by atoms with Crippen LogP contribution in [0.2, 0.25) is 0 Å². The minimum atomic E-state index is -4.62. The SMILES string of the molecule is O=C(c1ccccc1)P(=O)(O)O.[CH3-].[Na+]. The van der Waals surface area contributed by atoms with E-state index in [4.69, 9.17) is 9.79 Å². The molecule has 0 amide bonds. The Morgan fingerprint density at radius 2 is 1.57 bits per heavy atom. The molecule has 14 heavy (non-hydrogen) atoms. The normalized spacial score (nSPS) is 9.57. The number of hydrogen-bond donors (Lipinski definition) is 2. The molecular formula is C8H10NaO4P. The van der Waals surface area contributed by atoms with Gasteiger partial charge in [-0.1, -0.05) is 30.3 Å². The first kappa shape index (κ1) is 16.5. The van der Waals surface area contributed by atoms with E-state index in [0.717, 1.165) is 0 Å². The van der Waals surface area contributed by atoms with E-state index in [9.17, 15) is 9.36 Å². The molecule has 0 aromatic heterocycles. The molecule has 0 aliphatic heterocycles. The zero-order valence-corrected chi connectivity index (χ0v) is 10.9. The van der Waals surface area contributed by atoms with Crippen LogP contribution in [0, 0.1) is 7.43 Å². The van der Waals surface area contributed by atoms with Gasteiger partial charge in [0.2, 0.25) is 0 Å². The molecule has 1 aromatic carbocycles. The molecular weight excluding hydrogens is 214 g/mol. The summed E-state index contributed by atoms with van der Waals surface area (Å²) in [5.41, 5.74) is -1.10. The monoisotopic (exact) mass is 224 g/mol. The minimum Gasteiger partial charge on any atom is -0.358 e. The summed E-state index contributed by atoms with van der Waals surface area (Å²) in [6, 6.07) is 7.48. The quantitative estimate of drug-likeness (QED) is 0.362. The molecule has 0 fully saturated rings. The summed E-state index contributed by atoms with van der Waals surface area (Å²) in [7, 11) is -4.62. The number of rotatable bonds is 2. The van der Waals surface area contributed by atoms with Crippen LogP contribution < -0.4 is 29.6 Å². The largest absolute Gasteiger partial charge is 1.00 e. The van der Waals surface area contributed by atoms with Gasteiger partial charge in [-0.25, -0.2) is 0 Å². The standard InChI is InChI=1S/C7H7O4P.CH3.Na/c8-7(12(9,10)11)6-4-2-1-3-5-6;;/h1-5H,(H2,9,10,11);1H3;/q;-1;+1. The summed E-state index contributed by atoms with van der Waals surface area (Å²) in [4.78, 5) is 27.9. The van der Waals surface area contributed by atoms with Gasteiger partial charge in [-0.2, -0.15) is 0 Å². The Hall–Kier alpha value is 0.0400. The molecule has 1 aromatic rings. The first-order valence-corrected chi connectivity index (χ1v) is 4.78. The fourth-order valence-corrected chi connectivity index (χ4v) is 1.23. The van der Waals surface area contributed by atoms with Crippen molar-refractivity contribution in [2.75, 3.05) is 0 Å². The third-order valence-corrected chi connectivity index (χ3v) is 2.07. The van der Waals surface area contributed by atoms with Gasteiger partial charge in [-0.15, -0.1) is 0 Å². The van der Waals surface area contributed by atoms with Gasteiger partial charge in [0.25, 0.3) is 5.52 Å². The van der Waals surface area contributed by atoms with Crippen LogP contribution in [0.25, 0.3) is 0 Å². The molecule has 0 atom stereocenters. The molecule has 1 rings (SSSR count). The maximum absolute atomic E-state index is 10.9. The van der Waals surface area contributed by atoms with Crippen LogP contribution >= 0.6 is 7.60 Å². The Morgan fingerprint density at radius 1 is 1.14 bits per heavy atom. The van der Waals surface area contributed by atoms with Crippen LogP contribution in [-0.2, 0) is 4.57 Å². The second-order valence-electron chi connectivity index (χ2n) is 2.22. The summed E-state index contributed by atoms with van der Waals surface area (Å²) in [6.07, 6.45) is 0. The van der Waals surface area contributed by atoms with Crippen LogP contribution in [0.4, 0.5) is 0 Å². The first-order chi connectivity index (χ1) is 5.52. The summed E-state index contributed by atoms with van der Waals surface area (Å²) in [5, 5.41) is 0. The average molecular weight is 224 g/mol. The predicted molar refractivity (Wildman–Crippen MR) is 49.2 cm³/mol. The van der Waals surface area contributed by atoms with Gasteiger partial charge in [0.1, 0.15) is 0 Å². The predicted octanol–water partition coefficient (Wildman–Crippen LogP) is -1.54. The molecule has 0 spiro atoms. The van der Waals surface area contributed by atoms with Crippen molar-refractivity contribution in [1.82, 2.24) is 0 Å². The fourth-order valence-electron chi connectivity index (χ4n) is 0.749. The van der Waals surface area contributed by atoms with E-state index >= 15 is 0 Å². The van der Waals surface area contributed by atoms with E-state index < -0.39 is 13.1 Å². The van der Waals surface area contributed by atoms with Gasteiger partial charge >= 0.3 is 37.2 Å². The second kappa shape index (κ2) is 6.51. The van der Waals surface area contributed by atoms with Crippen molar-refractivity contribution in [3.8, 4) is 0 Å². The van der Waals surface area contributed by atoms with Crippen molar-refractivity contribution in [3.05, 3.63) is 43.3 Å². The fraction of sp³-hybridized carbons (Fsp3) is 0. The molecule has 72 valence electrons. The molecule has 0 saturated carbocycles. The summed E-state index contributed by atoms with van der Waals surface area (Å²) < 4.78 is 10.5. The van der Waals surface area contributed by atoms with Crippen LogP contribution in [0.5, 0.6) is 0 Å². The van der Waals surface area contributed by atoms with Crippen LogP contribution in [-0.4, -0.2) is 15.3 Å². The van der Waals surface area contributed by atoms with Gasteiger partial charge in [0, 0.05) is 5.56 Å². The van der Waals surface area contributed by atoms with Gasteiger partial charge in [-0.05, 0) is 0 Å². The molecule has 0 bridgehead atoms. The molecule has 6 heteroatoms. The number of hydrogen-bond acceptors (Lipinski definition) is 2. The third-order valence-electron chi connectivity index (χ3n) is 1.29. The topological polar surface area (TPSA) is 74.6 Å². The van der Waals surface area contributed by atoms with E-state index in [1.807, 2.05) is 0 Å². The van der Waals surface area contributed by atoms with Crippen molar-refractivity contribution in [1.29, 1.82) is 0 Å². The Morgan fingerprint density at radius 3 is 1.93 bits per heavy atom. The molecule has 0 unspecified atom stereocenters. The second-order valence-corrected chi connectivity index (χ2v) is 3.71.